The van der Waals surface area contributed by atoms with E-state index in [1.165, 1.54) is 17.0 Å². The normalized spacial score (nSPS) is 21.1. The van der Waals surface area contributed by atoms with Crippen molar-refractivity contribution in [1.29, 1.82) is 0 Å². The Kier molecular flexibility index (Phi) is 6.63. The van der Waals surface area contributed by atoms with Crippen LogP contribution in [-0.4, -0.2) is 68.8 Å². The van der Waals surface area contributed by atoms with Gasteiger partial charge in [-0.3, -0.25) is 9.88 Å². The highest BCUT2D eigenvalue weighted by molar-refractivity contribution is 7.80. The van der Waals surface area contributed by atoms with Gasteiger partial charge in [0, 0.05) is 50.0 Å². The number of hydrogen-bond donors (Lipinski definition) is 1. The largest absolute Gasteiger partial charge is 0.379 e. The Balaban J connectivity index is 1.53. The van der Waals surface area contributed by atoms with Gasteiger partial charge in [0.05, 0.1) is 31.0 Å². The van der Waals surface area contributed by atoms with Gasteiger partial charge in [-0.1, -0.05) is 12.1 Å². The number of aromatic nitrogens is 3. The maximum Gasteiger partial charge on any atom is 0.170 e. The van der Waals surface area contributed by atoms with Crippen molar-refractivity contribution in [3.63, 3.8) is 0 Å². The van der Waals surface area contributed by atoms with E-state index in [9.17, 15) is 0 Å². The van der Waals surface area contributed by atoms with Gasteiger partial charge in [-0.25, -0.2) is 4.98 Å². The van der Waals surface area contributed by atoms with Gasteiger partial charge >= 0.3 is 0 Å². The molecule has 1 N–H and O–H groups in total. The van der Waals surface area contributed by atoms with Crippen molar-refractivity contribution in [1.82, 2.24) is 29.7 Å². The number of pyridine rings is 2. The minimum Gasteiger partial charge on any atom is -0.379 e. The molecule has 5 rings (SSSR count). The molecule has 7 nitrogen and oxygen atoms in total. The van der Waals surface area contributed by atoms with E-state index < -0.39 is 0 Å². The molecule has 0 amide bonds. The van der Waals surface area contributed by atoms with Crippen molar-refractivity contribution in [3.05, 3.63) is 77.0 Å². The van der Waals surface area contributed by atoms with E-state index in [2.05, 4.69) is 58.7 Å². The van der Waals surface area contributed by atoms with E-state index in [-0.39, 0.29) is 12.1 Å². The lowest BCUT2D eigenvalue weighted by Crippen LogP contribution is -2.42. The van der Waals surface area contributed by atoms with Crippen LogP contribution in [0.3, 0.4) is 0 Å². The van der Waals surface area contributed by atoms with Crippen molar-refractivity contribution < 1.29 is 4.74 Å². The number of morpholine rings is 1. The summed E-state index contributed by atoms with van der Waals surface area (Å²) >= 11 is 5.88. The number of hydrogen-bond acceptors (Lipinski definition) is 5. The molecule has 178 valence electrons. The molecule has 2 saturated heterocycles. The number of nitrogens with zero attached hydrogens (tertiary/aromatic N) is 5. The molecule has 2 aliphatic heterocycles. The molecule has 2 aliphatic rings. The van der Waals surface area contributed by atoms with E-state index in [4.69, 9.17) is 26.9 Å². The van der Waals surface area contributed by atoms with Crippen LogP contribution in [0.5, 0.6) is 0 Å². The Morgan fingerprint density at radius 3 is 2.56 bits per heavy atom. The Hall–Kier alpha value is -2.81. The molecule has 0 aromatic carbocycles. The topological polar surface area (TPSA) is 58.5 Å². The fourth-order valence-electron chi connectivity index (χ4n) is 5.18. The molecule has 3 aromatic rings. The van der Waals surface area contributed by atoms with E-state index in [0.717, 1.165) is 61.6 Å². The molecule has 0 aliphatic carbocycles. The third kappa shape index (κ3) is 4.33. The Bertz CT molecular complexity index is 1160. The first-order chi connectivity index (χ1) is 16.5. The van der Waals surface area contributed by atoms with Gasteiger partial charge in [-0.2, -0.15) is 0 Å². The van der Waals surface area contributed by atoms with Crippen molar-refractivity contribution in [3.8, 4) is 5.82 Å². The second-order valence-electron chi connectivity index (χ2n) is 9.08. The molecule has 0 radical (unpaired) electrons. The third-order valence-corrected chi connectivity index (χ3v) is 7.29. The predicted molar refractivity (Wildman–Crippen MR) is 137 cm³/mol. The molecule has 34 heavy (non-hydrogen) atoms. The smallest absolute Gasteiger partial charge is 0.170 e. The summed E-state index contributed by atoms with van der Waals surface area (Å²) in [4.78, 5) is 14.2. The first-order valence-corrected chi connectivity index (χ1v) is 12.3. The van der Waals surface area contributed by atoms with Gasteiger partial charge in [0.15, 0.2) is 5.11 Å². The fraction of sp³-hybridized carbons (Fsp3) is 0.423. The minimum absolute atomic E-state index is 0.0165. The van der Waals surface area contributed by atoms with E-state index in [0.29, 0.717) is 0 Å². The number of aryl methyl sites for hydroxylation is 2. The summed E-state index contributed by atoms with van der Waals surface area (Å²) in [6.45, 7) is 11.8. The lowest BCUT2D eigenvalue weighted by Gasteiger charge is -2.32. The summed E-state index contributed by atoms with van der Waals surface area (Å²) in [5, 5.41) is 4.38. The van der Waals surface area contributed by atoms with Crippen molar-refractivity contribution in [2.24, 2.45) is 0 Å². The minimum atomic E-state index is -0.0165. The second-order valence-corrected chi connectivity index (χ2v) is 9.47. The monoisotopic (exact) mass is 476 g/mol. The number of thiocarbonyl (C=S) groups is 1. The van der Waals surface area contributed by atoms with Crippen molar-refractivity contribution >= 4 is 17.3 Å². The van der Waals surface area contributed by atoms with Gasteiger partial charge in [-0.15, -0.1) is 0 Å². The maximum atomic E-state index is 5.88. The molecule has 3 aromatic heterocycles. The molecule has 0 unspecified atom stereocenters. The average Bonchev–Trinajstić information content (AvgIpc) is 3.34. The van der Waals surface area contributed by atoms with E-state index >= 15 is 0 Å². The highest BCUT2D eigenvalue weighted by atomic mass is 32.1. The average molecular weight is 477 g/mol. The summed E-state index contributed by atoms with van der Waals surface area (Å²) in [5.74, 6) is 0.978. The maximum absolute atomic E-state index is 5.88. The molecule has 0 saturated carbocycles. The standard InChI is InChI=1S/C26H32N6OS/c1-18-7-6-10-28-25(18)32-19(2)17-21(20(32)3)24-23(22-8-4-5-9-27-22)29-26(34)31(24)12-11-30-13-15-33-16-14-30/h4-10,17,23-24H,11-16H2,1-3H3,(H,29,34)/t23-,24+/m1/s1. The van der Waals surface area contributed by atoms with Gasteiger partial charge in [0.2, 0.25) is 0 Å². The molecule has 0 bridgehead atoms. The zero-order chi connectivity index (χ0) is 23.7. The first kappa shape index (κ1) is 23.0. The quantitative estimate of drug-likeness (QED) is 0.547. The van der Waals surface area contributed by atoms with Gasteiger partial charge < -0.3 is 19.5 Å². The van der Waals surface area contributed by atoms with Gasteiger partial charge in [-0.05, 0) is 68.4 Å². The number of rotatable bonds is 6. The van der Waals surface area contributed by atoms with Gasteiger partial charge in [0.1, 0.15) is 5.82 Å². The molecule has 2 fully saturated rings. The van der Waals surface area contributed by atoms with Gasteiger partial charge in [0.25, 0.3) is 0 Å². The molecular formula is C26H32N6OS. The lowest BCUT2D eigenvalue weighted by atomic mass is 9.96. The number of ether oxygens (including phenoxy) is 1. The van der Waals surface area contributed by atoms with Crippen LogP contribution in [0.25, 0.3) is 5.82 Å². The van der Waals surface area contributed by atoms with Crippen LogP contribution in [0.1, 0.15) is 40.3 Å². The molecular weight excluding hydrogens is 444 g/mol. The molecule has 5 heterocycles. The van der Waals surface area contributed by atoms with Crippen LogP contribution < -0.4 is 5.32 Å². The van der Waals surface area contributed by atoms with E-state index in [1.54, 1.807) is 0 Å². The first-order valence-electron chi connectivity index (χ1n) is 11.9. The van der Waals surface area contributed by atoms with E-state index in [1.807, 2.05) is 30.6 Å². The molecule has 8 heteroatoms. The second kappa shape index (κ2) is 9.82. The fourth-order valence-corrected chi connectivity index (χ4v) is 5.51. The van der Waals surface area contributed by atoms with Crippen LogP contribution in [0, 0.1) is 20.8 Å². The zero-order valence-electron chi connectivity index (χ0n) is 20.1. The summed E-state index contributed by atoms with van der Waals surface area (Å²) in [5.41, 5.74) is 5.77. The summed E-state index contributed by atoms with van der Waals surface area (Å²) in [6, 6.07) is 12.5. The van der Waals surface area contributed by atoms with Crippen molar-refractivity contribution in [2.75, 3.05) is 39.4 Å². The predicted octanol–water partition coefficient (Wildman–Crippen LogP) is 3.50. The number of nitrogens with one attached hydrogen (secondary N) is 1. The molecule has 0 spiro atoms. The summed E-state index contributed by atoms with van der Waals surface area (Å²) in [7, 11) is 0. The van der Waals surface area contributed by atoms with Crippen LogP contribution in [0.15, 0.2) is 48.8 Å². The Labute approximate surface area is 206 Å². The van der Waals surface area contributed by atoms with Crippen LogP contribution in [0.2, 0.25) is 0 Å². The SMILES string of the molecule is Cc1cccnc1-n1c(C)cc([C@H]2[C@@H](c3ccccn3)NC(=S)N2CCN2CCOCC2)c1C. The highest BCUT2D eigenvalue weighted by Gasteiger charge is 2.41. The Morgan fingerprint density at radius 1 is 1.03 bits per heavy atom. The highest BCUT2D eigenvalue weighted by Crippen LogP contribution is 2.41. The lowest BCUT2D eigenvalue weighted by molar-refractivity contribution is 0.0350. The van der Waals surface area contributed by atoms with Crippen LogP contribution in [-0.2, 0) is 4.74 Å². The Morgan fingerprint density at radius 2 is 1.82 bits per heavy atom. The summed E-state index contributed by atoms with van der Waals surface area (Å²) in [6.07, 6.45) is 3.71. The van der Waals surface area contributed by atoms with Crippen molar-refractivity contribution in [2.45, 2.75) is 32.9 Å². The van der Waals surface area contributed by atoms with Crippen LogP contribution >= 0.6 is 12.2 Å². The zero-order valence-corrected chi connectivity index (χ0v) is 20.9. The third-order valence-electron chi connectivity index (χ3n) is 6.94. The molecule has 2 atom stereocenters. The summed E-state index contributed by atoms with van der Waals surface area (Å²) < 4.78 is 7.80. The van der Waals surface area contributed by atoms with Crippen LogP contribution in [0.4, 0.5) is 0 Å².